The minimum Gasteiger partial charge on any atom is -0.480 e. The summed E-state index contributed by atoms with van der Waals surface area (Å²) in [6, 6.07) is -1.10. The molecule has 0 radical (unpaired) electrons. The Labute approximate surface area is 93.0 Å². The van der Waals surface area contributed by atoms with Crippen molar-refractivity contribution in [2.24, 2.45) is 5.92 Å². The van der Waals surface area contributed by atoms with Gasteiger partial charge in [0.1, 0.15) is 6.04 Å². The fourth-order valence-corrected chi connectivity index (χ4v) is 2.72. The van der Waals surface area contributed by atoms with Crippen LogP contribution in [-0.4, -0.2) is 40.7 Å². The molecule has 15 heavy (non-hydrogen) atoms. The van der Waals surface area contributed by atoms with Crippen LogP contribution in [0.4, 0.5) is 4.79 Å². The third kappa shape index (κ3) is 3.62. The Morgan fingerprint density at radius 3 is 2.60 bits per heavy atom. The van der Waals surface area contributed by atoms with Crippen LogP contribution in [0, 0.1) is 5.92 Å². The maximum atomic E-state index is 11.4. The molecule has 1 saturated heterocycles. The van der Waals surface area contributed by atoms with E-state index in [1.54, 1.807) is 11.8 Å². The van der Waals surface area contributed by atoms with Gasteiger partial charge in [0, 0.05) is 11.8 Å². The molecule has 0 saturated carbocycles. The van der Waals surface area contributed by atoms with Crippen LogP contribution in [0.25, 0.3) is 0 Å². The van der Waals surface area contributed by atoms with Crippen LogP contribution in [0.5, 0.6) is 0 Å². The quantitative estimate of drug-likeness (QED) is 0.662. The zero-order valence-electron chi connectivity index (χ0n) is 8.82. The van der Waals surface area contributed by atoms with Gasteiger partial charge >= 0.3 is 12.0 Å². The standard InChI is InChI=1S/C9H16N2O3S/c1-5-3-15-4-7(5)11-9(14)10-6(2)8(12)13/h5-7H,3-4H2,1-2H3,(H,12,13)(H2,10,11,14). The largest absolute Gasteiger partial charge is 0.480 e. The molecule has 6 heteroatoms. The Kier molecular flexibility index (Phi) is 4.26. The van der Waals surface area contributed by atoms with Gasteiger partial charge in [0.05, 0.1) is 0 Å². The van der Waals surface area contributed by atoms with E-state index in [-0.39, 0.29) is 6.04 Å². The molecule has 0 aliphatic carbocycles. The van der Waals surface area contributed by atoms with Crippen LogP contribution >= 0.6 is 11.8 Å². The first-order valence-electron chi connectivity index (χ1n) is 4.88. The molecule has 1 aliphatic heterocycles. The summed E-state index contributed by atoms with van der Waals surface area (Å²) in [5.74, 6) is 1.36. The summed E-state index contributed by atoms with van der Waals surface area (Å²) in [5.41, 5.74) is 0. The fourth-order valence-electron chi connectivity index (χ4n) is 1.31. The Hall–Kier alpha value is -0.910. The highest BCUT2D eigenvalue weighted by molar-refractivity contribution is 7.99. The van der Waals surface area contributed by atoms with Crippen molar-refractivity contribution in [1.82, 2.24) is 10.6 Å². The predicted octanol–water partition coefficient (Wildman–Crippen LogP) is 0.510. The Morgan fingerprint density at radius 1 is 1.47 bits per heavy atom. The average molecular weight is 232 g/mol. The highest BCUT2D eigenvalue weighted by Crippen LogP contribution is 2.23. The summed E-state index contributed by atoms with van der Waals surface area (Å²) in [7, 11) is 0. The van der Waals surface area contributed by atoms with E-state index in [0.29, 0.717) is 5.92 Å². The molecule has 0 bridgehead atoms. The number of carboxylic acid groups (broad SMARTS) is 1. The second-order valence-electron chi connectivity index (χ2n) is 3.80. The maximum Gasteiger partial charge on any atom is 0.325 e. The number of nitrogens with one attached hydrogen (secondary N) is 2. The molecule has 1 heterocycles. The number of carbonyl (C=O) groups is 2. The van der Waals surface area contributed by atoms with Crippen molar-refractivity contribution in [2.45, 2.75) is 25.9 Å². The second-order valence-corrected chi connectivity index (χ2v) is 4.87. The first-order chi connectivity index (χ1) is 7.00. The number of carboxylic acids is 1. The van der Waals surface area contributed by atoms with Crippen LogP contribution < -0.4 is 10.6 Å². The van der Waals surface area contributed by atoms with E-state index in [1.165, 1.54) is 6.92 Å². The van der Waals surface area contributed by atoms with E-state index in [4.69, 9.17) is 5.11 Å². The summed E-state index contributed by atoms with van der Waals surface area (Å²) in [6.45, 7) is 3.51. The van der Waals surface area contributed by atoms with Crippen LogP contribution in [-0.2, 0) is 4.79 Å². The molecule has 2 amide bonds. The number of hydrogen-bond acceptors (Lipinski definition) is 3. The normalized spacial score (nSPS) is 27.1. The van der Waals surface area contributed by atoms with Gasteiger partial charge in [-0.05, 0) is 18.6 Å². The maximum absolute atomic E-state index is 11.4. The number of hydrogen-bond donors (Lipinski definition) is 3. The lowest BCUT2D eigenvalue weighted by atomic mass is 10.1. The van der Waals surface area contributed by atoms with Crippen molar-refractivity contribution in [3.63, 3.8) is 0 Å². The van der Waals surface area contributed by atoms with Crippen molar-refractivity contribution in [3.05, 3.63) is 0 Å². The lowest BCUT2D eigenvalue weighted by Crippen LogP contribution is -2.49. The van der Waals surface area contributed by atoms with E-state index in [2.05, 4.69) is 17.6 Å². The SMILES string of the molecule is CC(NC(=O)NC1CSCC1C)C(=O)O. The van der Waals surface area contributed by atoms with Crippen molar-refractivity contribution in [3.8, 4) is 0 Å². The fraction of sp³-hybridized carbons (Fsp3) is 0.778. The number of rotatable bonds is 3. The second kappa shape index (κ2) is 5.25. The van der Waals surface area contributed by atoms with E-state index in [1.807, 2.05) is 0 Å². The molecule has 1 fully saturated rings. The Morgan fingerprint density at radius 2 is 2.13 bits per heavy atom. The number of carbonyl (C=O) groups excluding carboxylic acids is 1. The monoisotopic (exact) mass is 232 g/mol. The average Bonchev–Trinajstić information content (AvgIpc) is 2.51. The van der Waals surface area contributed by atoms with Gasteiger partial charge < -0.3 is 15.7 Å². The third-order valence-corrected chi connectivity index (χ3v) is 3.76. The van der Waals surface area contributed by atoms with Gasteiger partial charge in [-0.15, -0.1) is 0 Å². The van der Waals surface area contributed by atoms with E-state index in [0.717, 1.165) is 11.5 Å². The molecule has 0 aromatic heterocycles. The van der Waals surface area contributed by atoms with Crippen LogP contribution in [0.15, 0.2) is 0 Å². The Bertz CT molecular complexity index is 260. The molecule has 1 rings (SSSR count). The van der Waals surface area contributed by atoms with Gasteiger partial charge in [-0.1, -0.05) is 6.92 Å². The van der Waals surface area contributed by atoms with E-state index >= 15 is 0 Å². The van der Waals surface area contributed by atoms with Gasteiger partial charge in [0.15, 0.2) is 0 Å². The summed E-state index contributed by atoms with van der Waals surface area (Å²) >= 11 is 1.80. The molecule has 86 valence electrons. The molecule has 0 aromatic carbocycles. The number of urea groups is 1. The summed E-state index contributed by atoms with van der Waals surface area (Å²) in [4.78, 5) is 21.9. The van der Waals surface area contributed by atoms with Crippen molar-refractivity contribution < 1.29 is 14.7 Å². The minimum atomic E-state index is -1.03. The highest BCUT2D eigenvalue weighted by atomic mass is 32.2. The molecular weight excluding hydrogens is 216 g/mol. The summed E-state index contributed by atoms with van der Waals surface area (Å²) in [5, 5.41) is 13.7. The molecule has 3 unspecified atom stereocenters. The lowest BCUT2D eigenvalue weighted by molar-refractivity contribution is -0.138. The number of amides is 2. The number of aliphatic carboxylic acids is 1. The molecule has 0 spiro atoms. The molecule has 3 atom stereocenters. The Balaban J connectivity index is 2.32. The van der Waals surface area contributed by atoms with Gasteiger partial charge in [0.2, 0.25) is 0 Å². The number of thioether (sulfide) groups is 1. The zero-order valence-corrected chi connectivity index (χ0v) is 9.63. The van der Waals surface area contributed by atoms with Crippen molar-refractivity contribution in [2.75, 3.05) is 11.5 Å². The van der Waals surface area contributed by atoms with Crippen LogP contribution in [0.2, 0.25) is 0 Å². The van der Waals surface area contributed by atoms with Crippen molar-refractivity contribution >= 4 is 23.8 Å². The molecule has 1 aliphatic rings. The highest BCUT2D eigenvalue weighted by Gasteiger charge is 2.26. The molecule has 3 N–H and O–H groups in total. The third-order valence-electron chi connectivity index (χ3n) is 2.40. The lowest BCUT2D eigenvalue weighted by Gasteiger charge is -2.18. The smallest absolute Gasteiger partial charge is 0.325 e. The van der Waals surface area contributed by atoms with Gasteiger partial charge in [-0.25, -0.2) is 4.79 Å². The summed E-state index contributed by atoms with van der Waals surface area (Å²) < 4.78 is 0. The first-order valence-corrected chi connectivity index (χ1v) is 6.03. The summed E-state index contributed by atoms with van der Waals surface area (Å²) in [6.07, 6.45) is 0. The molecule has 5 nitrogen and oxygen atoms in total. The van der Waals surface area contributed by atoms with E-state index < -0.39 is 18.0 Å². The minimum absolute atomic E-state index is 0.149. The van der Waals surface area contributed by atoms with E-state index in [9.17, 15) is 9.59 Å². The van der Waals surface area contributed by atoms with Crippen molar-refractivity contribution in [1.29, 1.82) is 0 Å². The predicted molar refractivity (Wildman–Crippen MR) is 59.0 cm³/mol. The van der Waals surface area contributed by atoms with Gasteiger partial charge in [-0.2, -0.15) is 11.8 Å². The molecular formula is C9H16N2O3S. The van der Waals surface area contributed by atoms with Gasteiger partial charge in [-0.3, -0.25) is 4.79 Å². The van der Waals surface area contributed by atoms with Crippen LogP contribution in [0.1, 0.15) is 13.8 Å². The van der Waals surface area contributed by atoms with Gasteiger partial charge in [0.25, 0.3) is 0 Å². The topological polar surface area (TPSA) is 78.4 Å². The molecule has 0 aromatic rings. The first kappa shape index (κ1) is 12.2. The zero-order chi connectivity index (χ0) is 11.4. The van der Waals surface area contributed by atoms with Crippen LogP contribution in [0.3, 0.4) is 0 Å².